The minimum absolute atomic E-state index is 0.120. The second-order valence-corrected chi connectivity index (χ2v) is 5.09. The third-order valence-corrected chi connectivity index (χ3v) is 3.56. The Labute approximate surface area is 104 Å². The SMILES string of the molecule is CN(C)c1cccc(OC2(CN)CCCC2)c1. The molecule has 1 saturated carbocycles. The first-order valence-corrected chi connectivity index (χ1v) is 6.32. The average molecular weight is 234 g/mol. The molecule has 0 bridgehead atoms. The van der Waals surface area contributed by atoms with Gasteiger partial charge in [-0.1, -0.05) is 6.07 Å². The van der Waals surface area contributed by atoms with E-state index in [-0.39, 0.29) is 5.60 Å². The molecule has 0 saturated heterocycles. The van der Waals surface area contributed by atoms with Gasteiger partial charge in [0.05, 0.1) is 0 Å². The third-order valence-electron chi connectivity index (χ3n) is 3.56. The maximum absolute atomic E-state index is 6.15. The Morgan fingerprint density at radius 3 is 2.59 bits per heavy atom. The molecule has 3 nitrogen and oxygen atoms in total. The lowest BCUT2D eigenvalue weighted by Crippen LogP contribution is -2.40. The molecule has 1 fully saturated rings. The number of nitrogens with zero attached hydrogens (tertiary/aromatic N) is 1. The van der Waals surface area contributed by atoms with Crippen LogP contribution in [-0.4, -0.2) is 26.2 Å². The molecule has 0 aromatic heterocycles. The fourth-order valence-electron chi connectivity index (χ4n) is 2.44. The van der Waals surface area contributed by atoms with Crippen molar-refractivity contribution >= 4 is 5.69 Å². The van der Waals surface area contributed by atoms with Crippen molar-refractivity contribution in [2.45, 2.75) is 31.3 Å². The molecule has 0 amide bonds. The van der Waals surface area contributed by atoms with Crippen molar-refractivity contribution in [3.8, 4) is 5.75 Å². The zero-order valence-electron chi connectivity index (χ0n) is 10.8. The van der Waals surface area contributed by atoms with E-state index >= 15 is 0 Å². The Hall–Kier alpha value is -1.22. The van der Waals surface area contributed by atoms with Crippen LogP contribution < -0.4 is 15.4 Å². The van der Waals surface area contributed by atoms with Crippen molar-refractivity contribution in [2.24, 2.45) is 5.73 Å². The van der Waals surface area contributed by atoms with E-state index in [1.165, 1.54) is 12.8 Å². The predicted octanol–water partition coefficient (Wildman–Crippen LogP) is 2.40. The van der Waals surface area contributed by atoms with Gasteiger partial charge in [0.1, 0.15) is 11.4 Å². The van der Waals surface area contributed by atoms with Crippen LogP contribution in [0.15, 0.2) is 24.3 Å². The molecule has 94 valence electrons. The van der Waals surface area contributed by atoms with Gasteiger partial charge in [-0.25, -0.2) is 0 Å². The van der Waals surface area contributed by atoms with E-state index in [0.717, 1.165) is 24.3 Å². The third kappa shape index (κ3) is 2.72. The van der Waals surface area contributed by atoms with Gasteiger partial charge in [0.15, 0.2) is 0 Å². The average Bonchev–Trinajstić information content (AvgIpc) is 2.78. The first-order chi connectivity index (χ1) is 8.15. The number of nitrogens with two attached hydrogens (primary N) is 1. The van der Waals surface area contributed by atoms with Gasteiger partial charge in [-0.2, -0.15) is 0 Å². The topological polar surface area (TPSA) is 38.5 Å². The van der Waals surface area contributed by atoms with Crippen LogP contribution in [0.1, 0.15) is 25.7 Å². The highest BCUT2D eigenvalue weighted by atomic mass is 16.5. The van der Waals surface area contributed by atoms with Gasteiger partial charge in [-0.3, -0.25) is 0 Å². The molecule has 0 spiro atoms. The number of ether oxygens (including phenoxy) is 1. The molecular weight excluding hydrogens is 212 g/mol. The lowest BCUT2D eigenvalue weighted by molar-refractivity contribution is 0.0854. The molecule has 1 aromatic carbocycles. The van der Waals surface area contributed by atoms with E-state index in [1.807, 2.05) is 26.2 Å². The van der Waals surface area contributed by atoms with Gasteiger partial charge in [0, 0.05) is 32.4 Å². The van der Waals surface area contributed by atoms with Crippen LogP contribution >= 0.6 is 0 Å². The van der Waals surface area contributed by atoms with Gasteiger partial charge in [0.25, 0.3) is 0 Å². The second-order valence-electron chi connectivity index (χ2n) is 5.09. The molecule has 2 rings (SSSR count). The molecule has 2 N–H and O–H groups in total. The summed E-state index contributed by atoms with van der Waals surface area (Å²) in [7, 11) is 4.07. The van der Waals surface area contributed by atoms with Crippen LogP contribution in [0.2, 0.25) is 0 Å². The molecule has 0 atom stereocenters. The molecule has 0 radical (unpaired) electrons. The fraction of sp³-hybridized carbons (Fsp3) is 0.571. The first-order valence-electron chi connectivity index (χ1n) is 6.32. The summed E-state index contributed by atoms with van der Waals surface area (Å²) in [5, 5.41) is 0. The van der Waals surface area contributed by atoms with Crippen LogP contribution in [0.4, 0.5) is 5.69 Å². The Balaban J connectivity index is 2.14. The molecule has 0 unspecified atom stereocenters. The Bertz CT molecular complexity index is 370. The molecule has 3 heteroatoms. The van der Waals surface area contributed by atoms with Crippen LogP contribution in [0.5, 0.6) is 5.75 Å². The van der Waals surface area contributed by atoms with Crippen LogP contribution in [-0.2, 0) is 0 Å². The van der Waals surface area contributed by atoms with Gasteiger partial charge >= 0.3 is 0 Å². The Morgan fingerprint density at radius 1 is 1.29 bits per heavy atom. The van der Waals surface area contributed by atoms with E-state index in [4.69, 9.17) is 10.5 Å². The van der Waals surface area contributed by atoms with Gasteiger partial charge in [-0.15, -0.1) is 0 Å². The highest BCUT2D eigenvalue weighted by molar-refractivity contribution is 5.49. The van der Waals surface area contributed by atoms with Crippen molar-refractivity contribution in [3.63, 3.8) is 0 Å². The van der Waals surface area contributed by atoms with Crippen LogP contribution in [0, 0.1) is 0 Å². The number of anilines is 1. The monoisotopic (exact) mass is 234 g/mol. The normalized spacial score (nSPS) is 18.1. The molecule has 0 heterocycles. The summed E-state index contributed by atoms with van der Waals surface area (Å²) in [5.41, 5.74) is 6.92. The van der Waals surface area contributed by atoms with Crippen LogP contribution in [0.25, 0.3) is 0 Å². The number of rotatable bonds is 4. The number of hydrogen-bond acceptors (Lipinski definition) is 3. The fourth-order valence-corrected chi connectivity index (χ4v) is 2.44. The summed E-state index contributed by atoms with van der Waals surface area (Å²) in [5.74, 6) is 0.934. The van der Waals surface area contributed by atoms with Crippen molar-refractivity contribution in [3.05, 3.63) is 24.3 Å². The summed E-state index contributed by atoms with van der Waals surface area (Å²) in [4.78, 5) is 2.08. The maximum Gasteiger partial charge on any atom is 0.122 e. The lowest BCUT2D eigenvalue weighted by Gasteiger charge is -2.29. The van der Waals surface area contributed by atoms with E-state index in [0.29, 0.717) is 6.54 Å². The Morgan fingerprint density at radius 2 is 2.00 bits per heavy atom. The quantitative estimate of drug-likeness (QED) is 0.869. The molecule has 17 heavy (non-hydrogen) atoms. The summed E-state index contributed by atoms with van der Waals surface area (Å²) < 4.78 is 6.15. The van der Waals surface area contributed by atoms with Crippen molar-refractivity contribution in [1.29, 1.82) is 0 Å². The van der Waals surface area contributed by atoms with Gasteiger partial charge < -0.3 is 15.4 Å². The van der Waals surface area contributed by atoms with Crippen LogP contribution in [0.3, 0.4) is 0 Å². The number of hydrogen-bond donors (Lipinski definition) is 1. The smallest absolute Gasteiger partial charge is 0.122 e. The molecule has 1 aliphatic rings. The highest BCUT2D eigenvalue weighted by Crippen LogP contribution is 2.34. The zero-order valence-corrected chi connectivity index (χ0v) is 10.8. The second kappa shape index (κ2) is 4.96. The summed E-state index contributed by atoms with van der Waals surface area (Å²) in [6, 6.07) is 8.21. The minimum atomic E-state index is -0.120. The van der Waals surface area contributed by atoms with E-state index in [1.54, 1.807) is 0 Å². The van der Waals surface area contributed by atoms with Crippen molar-refractivity contribution in [1.82, 2.24) is 0 Å². The molecular formula is C14H22N2O. The molecule has 1 aromatic rings. The Kier molecular flexibility index (Phi) is 3.57. The van der Waals surface area contributed by atoms with E-state index in [9.17, 15) is 0 Å². The first kappa shape index (κ1) is 12.2. The highest BCUT2D eigenvalue weighted by Gasteiger charge is 2.34. The largest absolute Gasteiger partial charge is 0.486 e. The number of benzene rings is 1. The van der Waals surface area contributed by atoms with Gasteiger partial charge in [-0.05, 0) is 37.8 Å². The minimum Gasteiger partial charge on any atom is -0.486 e. The summed E-state index contributed by atoms with van der Waals surface area (Å²) in [6.45, 7) is 0.610. The standard InChI is InChI=1S/C14H22N2O/c1-16(2)12-6-5-7-13(10-12)17-14(11-15)8-3-4-9-14/h5-7,10H,3-4,8-9,11,15H2,1-2H3. The van der Waals surface area contributed by atoms with Crippen molar-refractivity contribution in [2.75, 3.05) is 25.5 Å². The molecule has 1 aliphatic carbocycles. The van der Waals surface area contributed by atoms with Gasteiger partial charge in [0.2, 0.25) is 0 Å². The predicted molar refractivity (Wildman–Crippen MR) is 71.7 cm³/mol. The molecule has 0 aliphatic heterocycles. The summed E-state index contributed by atoms with van der Waals surface area (Å²) >= 11 is 0. The van der Waals surface area contributed by atoms with E-state index < -0.39 is 0 Å². The zero-order chi connectivity index (χ0) is 12.3. The lowest BCUT2D eigenvalue weighted by atomic mass is 10.0. The maximum atomic E-state index is 6.15. The van der Waals surface area contributed by atoms with E-state index in [2.05, 4.69) is 17.0 Å². The van der Waals surface area contributed by atoms with Crippen molar-refractivity contribution < 1.29 is 4.74 Å². The summed E-state index contributed by atoms with van der Waals surface area (Å²) in [6.07, 6.45) is 4.61.